The molecular formula is C13H16F2N2O2. The van der Waals surface area contributed by atoms with Crippen molar-refractivity contribution in [2.75, 3.05) is 25.0 Å². The summed E-state index contributed by atoms with van der Waals surface area (Å²) in [5, 5.41) is 2.61. The second kappa shape index (κ2) is 6.82. The van der Waals surface area contributed by atoms with Gasteiger partial charge in [0.25, 0.3) is 0 Å². The minimum atomic E-state index is -0.868. The standard InChI is InChI=1S/C13H16F2N2O2/c1-3-4-16-12(19)7-17(2)13-10(14)5-9(8-18)6-11(13)15/h5-6,8H,3-4,7H2,1-2H3,(H,16,19). The molecule has 0 radical (unpaired) electrons. The van der Waals surface area contributed by atoms with Crippen LogP contribution in [-0.2, 0) is 4.79 Å². The van der Waals surface area contributed by atoms with E-state index in [0.717, 1.165) is 18.6 Å². The molecule has 0 spiro atoms. The summed E-state index contributed by atoms with van der Waals surface area (Å²) in [5.41, 5.74) is -0.403. The Morgan fingerprint density at radius 1 is 1.37 bits per heavy atom. The molecule has 104 valence electrons. The molecule has 0 bridgehead atoms. The van der Waals surface area contributed by atoms with Crippen molar-refractivity contribution in [3.8, 4) is 0 Å². The van der Waals surface area contributed by atoms with E-state index < -0.39 is 11.6 Å². The fourth-order valence-corrected chi connectivity index (χ4v) is 1.63. The molecule has 0 aliphatic rings. The first-order valence-corrected chi connectivity index (χ1v) is 5.91. The summed E-state index contributed by atoms with van der Waals surface area (Å²) in [6, 6.07) is 1.87. The zero-order chi connectivity index (χ0) is 14.4. The lowest BCUT2D eigenvalue weighted by atomic mass is 10.2. The third-order valence-corrected chi connectivity index (χ3v) is 2.51. The highest BCUT2D eigenvalue weighted by Gasteiger charge is 2.17. The van der Waals surface area contributed by atoms with Gasteiger partial charge in [0.05, 0.1) is 6.54 Å². The smallest absolute Gasteiger partial charge is 0.239 e. The lowest BCUT2D eigenvalue weighted by Crippen LogP contribution is -2.36. The Labute approximate surface area is 110 Å². The SMILES string of the molecule is CCCNC(=O)CN(C)c1c(F)cc(C=O)cc1F. The van der Waals surface area contributed by atoms with Crippen LogP contribution in [0.3, 0.4) is 0 Å². The van der Waals surface area contributed by atoms with E-state index in [-0.39, 0.29) is 23.7 Å². The Bertz CT molecular complexity index is 455. The number of aldehydes is 1. The maximum absolute atomic E-state index is 13.7. The summed E-state index contributed by atoms with van der Waals surface area (Å²) >= 11 is 0. The van der Waals surface area contributed by atoms with Gasteiger partial charge in [-0.25, -0.2) is 8.78 Å². The molecule has 0 aromatic heterocycles. The number of hydrogen-bond donors (Lipinski definition) is 1. The summed E-state index contributed by atoms with van der Waals surface area (Å²) < 4.78 is 27.4. The van der Waals surface area contributed by atoms with Gasteiger partial charge in [0.2, 0.25) is 5.91 Å². The highest BCUT2D eigenvalue weighted by atomic mass is 19.1. The van der Waals surface area contributed by atoms with Crippen molar-refractivity contribution in [2.24, 2.45) is 0 Å². The first-order chi connectivity index (χ1) is 8.99. The van der Waals surface area contributed by atoms with E-state index in [9.17, 15) is 18.4 Å². The molecule has 19 heavy (non-hydrogen) atoms. The van der Waals surface area contributed by atoms with Gasteiger partial charge in [-0.3, -0.25) is 9.59 Å². The molecule has 1 rings (SSSR count). The van der Waals surface area contributed by atoms with Crippen LogP contribution < -0.4 is 10.2 Å². The summed E-state index contributed by atoms with van der Waals surface area (Å²) in [6.07, 6.45) is 1.15. The molecule has 6 heteroatoms. The summed E-state index contributed by atoms with van der Waals surface area (Å²) in [4.78, 5) is 23.1. The van der Waals surface area contributed by atoms with Gasteiger partial charge in [-0.15, -0.1) is 0 Å². The Hall–Kier alpha value is -1.98. The molecule has 0 heterocycles. The zero-order valence-corrected chi connectivity index (χ0v) is 10.9. The predicted molar refractivity (Wildman–Crippen MR) is 68.3 cm³/mol. The predicted octanol–water partition coefficient (Wildman–Crippen LogP) is 1.74. The van der Waals surface area contributed by atoms with E-state index >= 15 is 0 Å². The average molecular weight is 270 g/mol. The fourth-order valence-electron chi connectivity index (χ4n) is 1.63. The van der Waals surface area contributed by atoms with Crippen LogP contribution in [0.1, 0.15) is 23.7 Å². The number of anilines is 1. The minimum Gasteiger partial charge on any atom is -0.361 e. The molecule has 0 saturated heterocycles. The maximum Gasteiger partial charge on any atom is 0.239 e. The zero-order valence-electron chi connectivity index (χ0n) is 10.9. The number of amides is 1. The molecule has 0 atom stereocenters. The number of nitrogens with zero attached hydrogens (tertiary/aromatic N) is 1. The lowest BCUT2D eigenvalue weighted by Gasteiger charge is -2.20. The van der Waals surface area contributed by atoms with Gasteiger partial charge in [0.15, 0.2) is 0 Å². The van der Waals surface area contributed by atoms with Crippen LogP contribution in [-0.4, -0.2) is 32.3 Å². The van der Waals surface area contributed by atoms with Crippen LogP contribution in [0.5, 0.6) is 0 Å². The molecule has 0 aliphatic carbocycles. The van der Waals surface area contributed by atoms with E-state index in [0.29, 0.717) is 12.8 Å². The third kappa shape index (κ3) is 4.01. The highest BCUT2D eigenvalue weighted by molar-refractivity contribution is 5.82. The van der Waals surface area contributed by atoms with Crippen LogP contribution >= 0.6 is 0 Å². The molecule has 1 aromatic carbocycles. The molecule has 0 unspecified atom stereocenters. The highest BCUT2D eigenvalue weighted by Crippen LogP contribution is 2.23. The van der Waals surface area contributed by atoms with Crippen LogP contribution in [0.2, 0.25) is 0 Å². The third-order valence-electron chi connectivity index (χ3n) is 2.51. The van der Waals surface area contributed by atoms with E-state index in [1.54, 1.807) is 0 Å². The van der Waals surface area contributed by atoms with Crippen molar-refractivity contribution in [3.63, 3.8) is 0 Å². The van der Waals surface area contributed by atoms with Gasteiger partial charge in [-0.05, 0) is 18.6 Å². The fraction of sp³-hybridized carbons (Fsp3) is 0.385. The average Bonchev–Trinajstić information content (AvgIpc) is 2.35. The van der Waals surface area contributed by atoms with Gasteiger partial charge >= 0.3 is 0 Å². The lowest BCUT2D eigenvalue weighted by molar-refractivity contribution is -0.119. The topological polar surface area (TPSA) is 49.4 Å². The molecule has 1 N–H and O–H groups in total. The Morgan fingerprint density at radius 3 is 2.42 bits per heavy atom. The van der Waals surface area contributed by atoms with Gasteiger partial charge in [-0.2, -0.15) is 0 Å². The van der Waals surface area contributed by atoms with Crippen molar-refractivity contribution < 1.29 is 18.4 Å². The first kappa shape index (κ1) is 15.1. The second-order valence-electron chi connectivity index (χ2n) is 4.16. The molecule has 1 amide bonds. The van der Waals surface area contributed by atoms with Crippen molar-refractivity contribution >= 4 is 17.9 Å². The monoisotopic (exact) mass is 270 g/mol. The molecule has 4 nitrogen and oxygen atoms in total. The minimum absolute atomic E-state index is 0.0809. The summed E-state index contributed by atoms with van der Waals surface area (Å²) in [6.45, 7) is 2.26. The molecule has 1 aromatic rings. The molecule has 0 fully saturated rings. The Kier molecular flexibility index (Phi) is 5.41. The van der Waals surface area contributed by atoms with Crippen molar-refractivity contribution in [3.05, 3.63) is 29.3 Å². The van der Waals surface area contributed by atoms with Crippen molar-refractivity contribution in [2.45, 2.75) is 13.3 Å². The van der Waals surface area contributed by atoms with Gasteiger partial charge in [0.1, 0.15) is 23.6 Å². The second-order valence-corrected chi connectivity index (χ2v) is 4.16. The summed E-state index contributed by atoms with van der Waals surface area (Å²) in [5.74, 6) is -2.05. The van der Waals surface area contributed by atoms with E-state index in [4.69, 9.17) is 0 Å². The quantitative estimate of drug-likeness (QED) is 0.801. The number of halogens is 2. The van der Waals surface area contributed by atoms with Crippen molar-refractivity contribution in [1.82, 2.24) is 5.32 Å². The first-order valence-electron chi connectivity index (χ1n) is 5.91. The van der Waals surface area contributed by atoms with Crippen LogP contribution in [0.15, 0.2) is 12.1 Å². The Balaban J connectivity index is 2.85. The van der Waals surface area contributed by atoms with E-state index in [2.05, 4.69) is 5.32 Å². The van der Waals surface area contributed by atoms with E-state index in [1.807, 2.05) is 6.92 Å². The van der Waals surface area contributed by atoms with E-state index in [1.165, 1.54) is 11.9 Å². The largest absolute Gasteiger partial charge is 0.361 e. The van der Waals surface area contributed by atoms with Gasteiger partial charge in [-0.1, -0.05) is 6.92 Å². The number of likely N-dealkylation sites (N-methyl/N-ethyl adjacent to an activating group) is 1. The number of carbonyl (C=O) groups is 2. The number of rotatable bonds is 6. The van der Waals surface area contributed by atoms with Crippen LogP contribution in [0, 0.1) is 11.6 Å². The number of hydrogen-bond acceptors (Lipinski definition) is 3. The number of nitrogens with one attached hydrogen (secondary N) is 1. The molecule has 0 saturated carbocycles. The Morgan fingerprint density at radius 2 is 1.95 bits per heavy atom. The van der Waals surface area contributed by atoms with Gasteiger partial charge < -0.3 is 10.2 Å². The number of carbonyl (C=O) groups excluding carboxylic acids is 2. The van der Waals surface area contributed by atoms with Crippen LogP contribution in [0.4, 0.5) is 14.5 Å². The van der Waals surface area contributed by atoms with Gasteiger partial charge in [0, 0.05) is 19.2 Å². The normalized spacial score (nSPS) is 10.1. The summed E-state index contributed by atoms with van der Waals surface area (Å²) in [7, 11) is 1.41. The molecule has 0 aliphatic heterocycles. The van der Waals surface area contributed by atoms with Crippen LogP contribution in [0.25, 0.3) is 0 Å². The van der Waals surface area contributed by atoms with Crippen molar-refractivity contribution in [1.29, 1.82) is 0 Å². The maximum atomic E-state index is 13.7. The molecular weight excluding hydrogens is 254 g/mol. The number of benzene rings is 1.